The molecule has 1 heterocycles. The minimum absolute atomic E-state index is 0.000468. The molecule has 156 valence electrons. The number of amides is 1. The second-order valence-corrected chi connectivity index (χ2v) is 7.49. The Balaban J connectivity index is 1.96. The molecule has 0 bridgehead atoms. The Labute approximate surface area is 187 Å². The van der Waals surface area contributed by atoms with Crippen LogP contribution in [0.15, 0.2) is 42.1 Å². The first-order valence-corrected chi connectivity index (χ1v) is 9.79. The number of carbonyl (C=O) groups excluding carboxylic acids is 1. The van der Waals surface area contributed by atoms with Crippen LogP contribution in [-0.4, -0.2) is 45.3 Å². The van der Waals surface area contributed by atoms with E-state index in [1.54, 1.807) is 24.3 Å². The Kier molecular flexibility index (Phi) is 6.50. The summed E-state index contributed by atoms with van der Waals surface area (Å²) < 4.78 is 5.05. The molecule has 7 nitrogen and oxygen atoms in total. The first kappa shape index (κ1) is 21.9. The van der Waals surface area contributed by atoms with Gasteiger partial charge in [-0.1, -0.05) is 53.5 Å². The van der Waals surface area contributed by atoms with Crippen LogP contribution in [0.4, 0.5) is 0 Å². The predicted octanol–water partition coefficient (Wildman–Crippen LogP) is 3.46. The van der Waals surface area contributed by atoms with E-state index >= 15 is 0 Å². The molecule has 1 aliphatic heterocycles. The van der Waals surface area contributed by atoms with E-state index in [4.69, 9.17) is 40.2 Å². The lowest BCUT2D eigenvalue weighted by molar-refractivity contribution is -0.145. The van der Waals surface area contributed by atoms with Crippen molar-refractivity contribution in [3.8, 4) is 11.5 Å². The van der Waals surface area contributed by atoms with Gasteiger partial charge >= 0.3 is 5.97 Å². The lowest BCUT2D eigenvalue weighted by atomic mass is 10.0. The zero-order chi connectivity index (χ0) is 22.0. The number of phenols is 1. The number of halogens is 2. The molecule has 1 unspecified atom stereocenters. The maximum atomic E-state index is 13.0. The van der Waals surface area contributed by atoms with Crippen molar-refractivity contribution in [2.24, 2.45) is 0 Å². The number of benzene rings is 2. The number of thiocarbonyl (C=S) groups is 1. The third-order valence-electron chi connectivity index (χ3n) is 4.47. The number of carbonyl (C=O) groups is 2. The van der Waals surface area contributed by atoms with Gasteiger partial charge in [0.25, 0.3) is 5.91 Å². The average molecular weight is 467 g/mol. The van der Waals surface area contributed by atoms with Crippen molar-refractivity contribution >= 4 is 58.5 Å². The highest BCUT2D eigenvalue weighted by atomic mass is 35.5. The fraction of sp³-hybridized carbons (Fsp3) is 0.150. The van der Waals surface area contributed by atoms with Gasteiger partial charge in [-0.2, -0.15) is 0 Å². The smallest absolute Gasteiger partial charge is 0.327 e. The molecule has 0 aromatic heterocycles. The van der Waals surface area contributed by atoms with Gasteiger partial charge in [0.05, 0.1) is 12.1 Å². The van der Waals surface area contributed by atoms with Crippen molar-refractivity contribution in [2.45, 2.75) is 12.5 Å². The average Bonchev–Trinajstić information content (AvgIpc) is 3.00. The highest BCUT2D eigenvalue weighted by Gasteiger charge is 2.39. The topological polar surface area (TPSA) is 99.1 Å². The van der Waals surface area contributed by atoms with Gasteiger partial charge in [-0.15, -0.1) is 0 Å². The van der Waals surface area contributed by atoms with Crippen LogP contribution in [0.1, 0.15) is 11.1 Å². The highest BCUT2D eigenvalue weighted by Crippen LogP contribution is 2.42. The molecule has 1 aliphatic rings. The van der Waals surface area contributed by atoms with Crippen LogP contribution < -0.4 is 10.1 Å². The largest absolute Gasteiger partial charge is 0.503 e. The summed E-state index contributed by atoms with van der Waals surface area (Å²) in [5.41, 5.74) is 1.05. The number of hydrogen-bond donors (Lipinski definition) is 3. The molecule has 0 spiro atoms. The van der Waals surface area contributed by atoms with Gasteiger partial charge in [-0.25, -0.2) is 4.79 Å². The Bertz CT molecular complexity index is 1060. The summed E-state index contributed by atoms with van der Waals surface area (Å²) in [6, 6.07) is 9.13. The number of rotatable bonds is 6. The number of nitrogens with one attached hydrogen (secondary N) is 1. The molecule has 30 heavy (non-hydrogen) atoms. The lowest BCUT2D eigenvalue weighted by Gasteiger charge is -2.22. The van der Waals surface area contributed by atoms with Crippen molar-refractivity contribution in [3.05, 3.63) is 63.3 Å². The van der Waals surface area contributed by atoms with Gasteiger partial charge in [0, 0.05) is 12.0 Å². The number of aromatic hydroxyl groups is 1. The van der Waals surface area contributed by atoms with Gasteiger partial charge < -0.3 is 20.3 Å². The van der Waals surface area contributed by atoms with Crippen LogP contribution in [0.5, 0.6) is 11.5 Å². The van der Waals surface area contributed by atoms with E-state index in [1.165, 1.54) is 19.3 Å². The molecule has 0 radical (unpaired) electrons. The number of ether oxygens (including phenoxy) is 1. The molecule has 3 N–H and O–H groups in total. The van der Waals surface area contributed by atoms with E-state index in [-0.39, 0.29) is 44.3 Å². The summed E-state index contributed by atoms with van der Waals surface area (Å²) in [6.07, 6.45) is 1.45. The number of methoxy groups -OCH3 is 1. The Morgan fingerprint density at radius 2 is 1.97 bits per heavy atom. The molecule has 1 atom stereocenters. The molecule has 0 saturated carbocycles. The van der Waals surface area contributed by atoms with Crippen LogP contribution in [0, 0.1) is 0 Å². The molecule has 3 rings (SSSR count). The second kappa shape index (κ2) is 8.91. The van der Waals surface area contributed by atoms with Gasteiger partial charge in [0.1, 0.15) is 16.8 Å². The van der Waals surface area contributed by atoms with Crippen molar-refractivity contribution in [1.29, 1.82) is 0 Å². The summed E-state index contributed by atoms with van der Waals surface area (Å²) in [5, 5.41) is 22.2. The Hall–Kier alpha value is -2.81. The zero-order valence-electron chi connectivity index (χ0n) is 15.6. The van der Waals surface area contributed by atoms with Gasteiger partial charge in [-0.3, -0.25) is 9.69 Å². The minimum Gasteiger partial charge on any atom is -0.503 e. The van der Waals surface area contributed by atoms with E-state index in [0.29, 0.717) is 0 Å². The molecule has 2 aromatic carbocycles. The molecular weight excluding hydrogens is 451 g/mol. The number of aliphatic carboxylic acids is 1. The fourth-order valence-corrected chi connectivity index (χ4v) is 3.71. The maximum Gasteiger partial charge on any atom is 0.327 e. The standard InChI is InChI=1S/C20H16Cl2N2O5S/c1-29-14-9-11(15(21)16(22)17(14)25)8-12-18(26)24(20(30)23-12)13(19(27)28)7-10-5-3-2-4-6-10/h2-6,8-9,13,25H,7H2,1H3,(H,23,30)(H,27,28). The molecule has 1 fully saturated rings. The Morgan fingerprint density at radius 1 is 1.30 bits per heavy atom. The summed E-state index contributed by atoms with van der Waals surface area (Å²) >= 11 is 17.4. The zero-order valence-corrected chi connectivity index (χ0v) is 17.9. The third kappa shape index (κ3) is 4.21. The lowest BCUT2D eigenvalue weighted by Crippen LogP contribution is -2.46. The van der Waals surface area contributed by atoms with E-state index in [9.17, 15) is 19.8 Å². The van der Waals surface area contributed by atoms with Crippen molar-refractivity contribution < 1.29 is 24.5 Å². The van der Waals surface area contributed by atoms with Crippen molar-refractivity contribution in [2.75, 3.05) is 7.11 Å². The number of carboxylic acids is 1. The number of hydrogen-bond acceptors (Lipinski definition) is 5. The summed E-state index contributed by atoms with van der Waals surface area (Å²) in [4.78, 5) is 25.9. The fourth-order valence-electron chi connectivity index (χ4n) is 2.99. The number of nitrogens with zero attached hydrogens (tertiary/aromatic N) is 1. The molecule has 1 saturated heterocycles. The van der Waals surface area contributed by atoms with Gasteiger partial charge in [0.2, 0.25) is 0 Å². The first-order chi connectivity index (χ1) is 14.2. The first-order valence-electron chi connectivity index (χ1n) is 8.62. The van der Waals surface area contributed by atoms with Crippen LogP contribution in [0.25, 0.3) is 6.08 Å². The number of carboxylic acid groups (broad SMARTS) is 1. The summed E-state index contributed by atoms with van der Waals surface area (Å²) in [7, 11) is 1.34. The SMILES string of the molecule is COc1cc(C=C2NC(=S)N(C(Cc3ccccc3)C(=O)O)C2=O)c(Cl)c(Cl)c1O. The third-order valence-corrected chi connectivity index (χ3v) is 5.64. The van der Waals surface area contributed by atoms with E-state index < -0.39 is 17.9 Å². The normalized spacial score (nSPS) is 16.0. The molecule has 2 aromatic rings. The second-order valence-electron chi connectivity index (χ2n) is 6.35. The monoisotopic (exact) mass is 466 g/mol. The van der Waals surface area contributed by atoms with Crippen LogP contribution in [-0.2, 0) is 16.0 Å². The van der Waals surface area contributed by atoms with Crippen molar-refractivity contribution in [1.82, 2.24) is 10.2 Å². The maximum absolute atomic E-state index is 13.0. The van der Waals surface area contributed by atoms with E-state index in [0.717, 1.165) is 10.5 Å². The van der Waals surface area contributed by atoms with Gasteiger partial charge in [0.15, 0.2) is 16.6 Å². The molecule has 10 heteroatoms. The highest BCUT2D eigenvalue weighted by molar-refractivity contribution is 7.80. The number of phenolic OH excluding ortho intramolecular Hbond substituents is 1. The minimum atomic E-state index is -1.20. The van der Waals surface area contributed by atoms with Crippen molar-refractivity contribution in [3.63, 3.8) is 0 Å². The van der Waals surface area contributed by atoms with Gasteiger partial charge in [-0.05, 0) is 29.9 Å². The predicted molar refractivity (Wildman–Crippen MR) is 117 cm³/mol. The van der Waals surface area contributed by atoms with Crippen LogP contribution in [0.3, 0.4) is 0 Å². The quantitative estimate of drug-likeness (QED) is 0.442. The van der Waals surface area contributed by atoms with Crippen LogP contribution >= 0.6 is 35.4 Å². The summed E-state index contributed by atoms with van der Waals surface area (Å²) in [6.45, 7) is 0. The summed E-state index contributed by atoms with van der Waals surface area (Å²) in [5.74, 6) is -2.08. The molecular formula is C20H16Cl2N2O5S. The van der Waals surface area contributed by atoms with E-state index in [2.05, 4.69) is 5.32 Å². The van der Waals surface area contributed by atoms with E-state index in [1.807, 2.05) is 6.07 Å². The molecule has 0 aliphatic carbocycles. The van der Waals surface area contributed by atoms with Crippen LogP contribution in [0.2, 0.25) is 10.0 Å². The Morgan fingerprint density at radius 3 is 2.57 bits per heavy atom. The molecule has 1 amide bonds.